The summed E-state index contributed by atoms with van der Waals surface area (Å²) >= 11 is 2.07. The Morgan fingerprint density at radius 2 is 2.00 bits per heavy atom. The Balaban J connectivity index is 1.93. The second kappa shape index (κ2) is 3.74. The molecule has 2 unspecified atom stereocenters. The van der Waals surface area contributed by atoms with Crippen LogP contribution in [-0.4, -0.2) is 20.6 Å². The molecule has 2 aliphatic heterocycles. The molecule has 2 bridgehead atoms. The number of aromatic nitrogens is 1. The Bertz CT molecular complexity index is 395. The highest BCUT2D eigenvalue weighted by molar-refractivity contribution is 8.00. The number of nitrogens with zero attached hydrogens (tertiary/aromatic N) is 1. The lowest BCUT2D eigenvalue weighted by Gasteiger charge is -2.36. The van der Waals surface area contributed by atoms with Crippen molar-refractivity contribution in [2.24, 2.45) is 0 Å². The van der Waals surface area contributed by atoms with Crippen molar-refractivity contribution in [3.05, 3.63) is 29.6 Å². The molecular weight excluding hydrogens is 218 g/mol. The molecule has 3 rings (SSSR count). The SMILES string of the molecule is Cc1cncc(C2(O)CC3CCC(C2)S3)c1. The molecule has 1 N–H and O–H groups in total. The van der Waals surface area contributed by atoms with E-state index in [1.807, 2.05) is 19.3 Å². The molecule has 0 aliphatic carbocycles. The zero-order chi connectivity index (χ0) is 11.2. The average Bonchev–Trinajstić information content (AvgIpc) is 2.59. The van der Waals surface area contributed by atoms with Crippen molar-refractivity contribution in [2.75, 3.05) is 0 Å². The number of aliphatic hydroxyl groups is 1. The number of hydrogen-bond donors (Lipinski definition) is 1. The Kier molecular flexibility index (Phi) is 2.48. The van der Waals surface area contributed by atoms with Crippen molar-refractivity contribution in [1.82, 2.24) is 4.98 Å². The predicted octanol–water partition coefficient (Wildman–Crippen LogP) is 2.64. The normalized spacial score (nSPS) is 37.6. The zero-order valence-corrected chi connectivity index (χ0v) is 10.3. The van der Waals surface area contributed by atoms with Gasteiger partial charge in [-0.15, -0.1) is 0 Å². The van der Waals surface area contributed by atoms with Crippen LogP contribution in [-0.2, 0) is 5.60 Å². The first-order chi connectivity index (χ1) is 7.66. The van der Waals surface area contributed by atoms with Crippen molar-refractivity contribution in [2.45, 2.75) is 48.7 Å². The van der Waals surface area contributed by atoms with E-state index in [4.69, 9.17) is 0 Å². The predicted molar refractivity (Wildman–Crippen MR) is 66.5 cm³/mol. The van der Waals surface area contributed by atoms with Crippen LogP contribution in [0.15, 0.2) is 18.5 Å². The number of fused-ring (bicyclic) bond motifs is 2. The molecule has 1 aromatic rings. The first-order valence-electron chi connectivity index (χ1n) is 5.96. The maximum atomic E-state index is 10.8. The van der Waals surface area contributed by atoms with E-state index in [0.717, 1.165) is 24.0 Å². The van der Waals surface area contributed by atoms with E-state index in [9.17, 15) is 5.11 Å². The number of rotatable bonds is 1. The topological polar surface area (TPSA) is 33.1 Å². The molecule has 2 atom stereocenters. The molecule has 2 fully saturated rings. The lowest BCUT2D eigenvalue weighted by molar-refractivity contribution is 0.0192. The highest BCUT2D eigenvalue weighted by Crippen LogP contribution is 2.51. The second-order valence-corrected chi connectivity index (χ2v) is 6.75. The maximum Gasteiger partial charge on any atom is 0.0932 e. The quantitative estimate of drug-likeness (QED) is 0.812. The minimum Gasteiger partial charge on any atom is -0.385 e. The molecule has 3 heteroatoms. The fraction of sp³-hybridized carbons (Fsp3) is 0.615. The van der Waals surface area contributed by atoms with E-state index in [1.54, 1.807) is 0 Å². The van der Waals surface area contributed by atoms with Gasteiger partial charge in [-0.2, -0.15) is 11.8 Å². The van der Waals surface area contributed by atoms with Crippen LogP contribution in [0.3, 0.4) is 0 Å². The van der Waals surface area contributed by atoms with Gasteiger partial charge in [0.25, 0.3) is 0 Å². The van der Waals surface area contributed by atoms with Gasteiger partial charge in [-0.3, -0.25) is 4.98 Å². The van der Waals surface area contributed by atoms with Gasteiger partial charge in [-0.1, -0.05) is 6.07 Å². The monoisotopic (exact) mass is 235 g/mol. The molecule has 0 spiro atoms. The number of hydrogen-bond acceptors (Lipinski definition) is 3. The molecule has 2 nitrogen and oxygen atoms in total. The number of pyridine rings is 1. The summed E-state index contributed by atoms with van der Waals surface area (Å²) in [5.41, 5.74) is 1.54. The summed E-state index contributed by atoms with van der Waals surface area (Å²) in [5.74, 6) is 0. The molecular formula is C13H17NOS. The summed E-state index contributed by atoms with van der Waals surface area (Å²) in [6, 6.07) is 2.09. The largest absolute Gasteiger partial charge is 0.385 e. The van der Waals surface area contributed by atoms with Gasteiger partial charge in [0, 0.05) is 28.5 Å². The van der Waals surface area contributed by atoms with Gasteiger partial charge >= 0.3 is 0 Å². The van der Waals surface area contributed by atoms with Gasteiger partial charge < -0.3 is 5.11 Å². The van der Waals surface area contributed by atoms with E-state index in [-0.39, 0.29) is 0 Å². The average molecular weight is 235 g/mol. The van der Waals surface area contributed by atoms with Gasteiger partial charge in [0.2, 0.25) is 0 Å². The van der Waals surface area contributed by atoms with Gasteiger partial charge in [0.15, 0.2) is 0 Å². The lowest BCUT2D eigenvalue weighted by atomic mass is 9.86. The van der Waals surface area contributed by atoms with Crippen LogP contribution in [0.25, 0.3) is 0 Å². The molecule has 3 heterocycles. The third-order valence-corrected chi connectivity index (χ3v) is 5.31. The Hall–Kier alpha value is -0.540. The highest BCUT2D eigenvalue weighted by atomic mass is 32.2. The van der Waals surface area contributed by atoms with Crippen molar-refractivity contribution in [1.29, 1.82) is 0 Å². The van der Waals surface area contributed by atoms with Crippen LogP contribution < -0.4 is 0 Å². The van der Waals surface area contributed by atoms with E-state index < -0.39 is 5.60 Å². The van der Waals surface area contributed by atoms with E-state index in [2.05, 4.69) is 22.8 Å². The molecule has 2 saturated heterocycles. The summed E-state index contributed by atoms with van der Waals surface area (Å²) < 4.78 is 0. The Labute approximate surface area is 100 Å². The fourth-order valence-corrected chi connectivity index (χ4v) is 4.79. The van der Waals surface area contributed by atoms with E-state index in [1.165, 1.54) is 12.8 Å². The molecule has 0 amide bonds. The Morgan fingerprint density at radius 1 is 1.31 bits per heavy atom. The minimum absolute atomic E-state index is 0.615. The van der Waals surface area contributed by atoms with Gasteiger partial charge in [0.1, 0.15) is 0 Å². The summed E-state index contributed by atoms with van der Waals surface area (Å²) in [4.78, 5) is 4.21. The van der Waals surface area contributed by atoms with Gasteiger partial charge in [-0.05, 0) is 38.2 Å². The number of aryl methyl sites for hydroxylation is 1. The van der Waals surface area contributed by atoms with Crippen LogP contribution in [0, 0.1) is 6.92 Å². The third kappa shape index (κ3) is 1.76. The summed E-state index contributed by atoms with van der Waals surface area (Å²) in [6.07, 6.45) is 8.04. The summed E-state index contributed by atoms with van der Waals surface area (Å²) in [5, 5.41) is 12.1. The standard InChI is InChI=1S/C13H17NOS/c1-9-4-10(8-14-7-9)13(15)5-11-2-3-12(6-13)16-11/h4,7-8,11-12,15H,2-3,5-6H2,1H3. The minimum atomic E-state index is -0.615. The van der Waals surface area contributed by atoms with Crippen molar-refractivity contribution < 1.29 is 5.11 Å². The van der Waals surface area contributed by atoms with Crippen LogP contribution >= 0.6 is 11.8 Å². The molecule has 1 aromatic heterocycles. The van der Waals surface area contributed by atoms with Crippen LogP contribution in [0.4, 0.5) is 0 Å². The smallest absolute Gasteiger partial charge is 0.0932 e. The first kappa shape index (κ1) is 10.6. The van der Waals surface area contributed by atoms with Gasteiger partial charge in [0.05, 0.1) is 5.60 Å². The van der Waals surface area contributed by atoms with E-state index in [0.29, 0.717) is 10.5 Å². The Morgan fingerprint density at radius 3 is 2.62 bits per heavy atom. The molecule has 0 radical (unpaired) electrons. The second-order valence-electron chi connectivity index (χ2n) is 5.15. The van der Waals surface area contributed by atoms with Crippen molar-refractivity contribution >= 4 is 11.8 Å². The maximum absolute atomic E-state index is 10.8. The van der Waals surface area contributed by atoms with Crippen LogP contribution in [0.5, 0.6) is 0 Å². The molecule has 86 valence electrons. The van der Waals surface area contributed by atoms with Crippen molar-refractivity contribution in [3.63, 3.8) is 0 Å². The molecule has 16 heavy (non-hydrogen) atoms. The fourth-order valence-electron chi connectivity index (χ4n) is 2.96. The third-order valence-electron chi connectivity index (χ3n) is 3.74. The molecule has 0 aromatic carbocycles. The molecule has 0 saturated carbocycles. The molecule has 2 aliphatic rings. The number of thioether (sulfide) groups is 1. The lowest BCUT2D eigenvalue weighted by Crippen LogP contribution is -2.34. The highest BCUT2D eigenvalue weighted by Gasteiger charge is 2.44. The van der Waals surface area contributed by atoms with Crippen molar-refractivity contribution in [3.8, 4) is 0 Å². The van der Waals surface area contributed by atoms with E-state index >= 15 is 0 Å². The van der Waals surface area contributed by atoms with Gasteiger partial charge in [-0.25, -0.2) is 0 Å². The summed E-state index contributed by atoms with van der Waals surface area (Å²) in [6.45, 7) is 2.03. The van der Waals surface area contributed by atoms with Crippen LogP contribution in [0.1, 0.15) is 36.8 Å². The van der Waals surface area contributed by atoms with Crippen LogP contribution in [0.2, 0.25) is 0 Å². The first-order valence-corrected chi connectivity index (χ1v) is 6.90. The zero-order valence-electron chi connectivity index (χ0n) is 9.52. The summed E-state index contributed by atoms with van der Waals surface area (Å²) in [7, 11) is 0.